The smallest absolute Gasteiger partial charge is 0.136 e. The van der Waals surface area contributed by atoms with Crippen LogP contribution in [-0.4, -0.2) is 16.0 Å². The number of hydrogen-bond donors (Lipinski definition) is 1. The number of nitrogens with one attached hydrogen (secondary N) is 1. The van der Waals surface area contributed by atoms with Crippen molar-refractivity contribution in [2.24, 2.45) is 0 Å². The Balaban J connectivity index is 1.90. The van der Waals surface area contributed by atoms with Crippen molar-refractivity contribution in [1.82, 2.24) is 9.97 Å². The molecule has 0 atom stereocenters. The number of aromatic nitrogens is 2. The van der Waals surface area contributed by atoms with Gasteiger partial charge in [0, 0.05) is 24.3 Å². The Morgan fingerprint density at radius 2 is 1.62 bits per heavy atom. The van der Waals surface area contributed by atoms with Crippen LogP contribution in [-0.2, 0) is 6.54 Å². The number of aryl methyl sites for hydroxylation is 2. The average Bonchev–Trinajstić information content (AvgIpc) is 2.62. The summed E-state index contributed by atoms with van der Waals surface area (Å²) in [5.41, 5.74) is 3.52. The van der Waals surface area contributed by atoms with Crippen LogP contribution in [0.25, 0.3) is 0 Å². The highest BCUT2D eigenvalue weighted by molar-refractivity contribution is 5.62. The lowest BCUT2D eigenvalue weighted by molar-refractivity contribution is 0.670. The van der Waals surface area contributed by atoms with E-state index < -0.39 is 0 Å². The minimum absolute atomic E-state index is 0.329. The molecule has 0 aliphatic rings. The molecule has 134 valence electrons. The molecular weight excluding hydrogens is 320 g/mol. The first-order chi connectivity index (χ1) is 12.5. The number of para-hydroxylation sites is 1. The van der Waals surface area contributed by atoms with Crippen LogP contribution >= 0.6 is 0 Å². The van der Waals surface area contributed by atoms with Gasteiger partial charge in [-0.3, -0.25) is 0 Å². The van der Waals surface area contributed by atoms with Gasteiger partial charge in [-0.15, -0.1) is 0 Å². The summed E-state index contributed by atoms with van der Waals surface area (Å²) in [5, 5.41) is 3.43. The van der Waals surface area contributed by atoms with Crippen LogP contribution in [0.15, 0.2) is 60.7 Å². The van der Waals surface area contributed by atoms with Gasteiger partial charge in [-0.05, 0) is 44.9 Å². The largest absolute Gasteiger partial charge is 0.350 e. The quantitative estimate of drug-likeness (QED) is 0.661. The summed E-state index contributed by atoms with van der Waals surface area (Å²) in [4.78, 5) is 11.6. The Morgan fingerprint density at radius 3 is 2.31 bits per heavy atom. The van der Waals surface area contributed by atoms with Crippen molar-refractivity contribution in [1.29, 1.82) is 0 Å². The third-order valence-electron chi connectivity index (χ3n) is 4.35. The maximum Gasteiger partial charge on any atom is 0.136 e. The number of anilines is 3. The predicted octanol–water partition coefficient (Wildman–Crippen LogP) is 5.25. The summed E-state index contributed by atoms with van der Waals surface area (Å²) >= 11 is 0. The first-order valence-corrected chi connectivity index (χ1v) is 9.02. The Kier molecular flexibility index (Phi) is 5.52. The summed E-state index contributed by atoms with van der Waals surface area (Å²) in [6, 6.07) is 21.1. The number of nitrogens with zero attached hydrogens (tertiary/aromatic N) is 3. The molecule has 0 aliphatic heterocycles. The Hall–Kier alpha value is -2.88. The zero-order valence-electron chi connectivity index (χ0n) is 15.9. The molecule has 2 aromatic carbocycles. The van der Waals surface area contributed by atoms with Crippen LogP contribution in [0.5, 0.6) is 0 Å². The Bertz CT molecular complexity index is 859. The molecule has 0 unspecified atom stereocenters. The minimum Gasteiger partial charge on any atom is -0.350 e. The van der Waals surface area contributed by atoms with Gasteiger partial charge in [0.05, 0.1) is 0 Å². The number of rotatable bonds is 6. The second-order valence-electron chi connectivity index (χ2n) is 6.81. The SMILES string of the molecule is Cc1nc(Nc2ccccc2C)cc(N(Cc2ccccc2)C(C)C)n1. The molecule has 3 rings (SSSR count). The van der Waals surface area contributed by atoms with Crippen LogP contribution in [0.1, 0.15) is 30.8 Å². The lowest BCUT2D eigenvalue weighted by atomic mass is 10.2. The van der Waals surface area contributed by atoms with Crippen molar-refractivity contribution < 1.29 is 0 Å². The molecule has 4 heteroatoms. The molecule has 0 aliphatic carbocycles. The summed E-state index contributed by atoms with van der Waals surface area (Å²) in [7, 11) is 0. The van der Waals surface area contributed by atoms with Gasteiger partial charge in [0.15, 0.2) is 0 Å². The molecule has 0 saturated carbocycles. The summed E-state index contributed by atoms with van der Waals surface area (Å²) in [6.45, 7) is 9.23. The van der Waals surface area contributed by atoms with E-state index in [1.807, 2.05) is 31.2 Å². The molecule has 4 nitrogen and oxygen atoms in total. The first kappa shape index (κ1) is 17.9. The molecule has 0 bridgehead atoms. The minimum atomic E-state index is 0.329. The van der Waals surface area contributed by atoms with Crippen molar-refractivity contribution in [3.8, 4) is 0 Å². The Labute approximate surface area is 155 Å². The summed E-state index contributed by atoms with van der Waals surface area (Å²) < 4.78 is 0. The van der Waals surface area contributed by atoms with Crippen LogP contribution in [0.3, 0.4) is 0 Å². The highest BCUT2D eigenvalue weighted by atomic mass is 15.2. The monoisotopic (exact) mass is 346 g/mol. The third-order valence-corrected chi connectivity index (χ3v) is 4.35. The highest BCUT2D eigenvalue weighted by Gasteiger charge is 2.15. The van der Waals surface area contributed by atoms with E-state index in [4.69, 9.17) is 4.98 Å². The van der Waals surface area contributed by atoms with Gasteiger partial charge in [-0.1, -0.05) is 48.5 Å². The summed E-state index contributed by atoms with van der Waals surface area (Å²) in [5.74, 6) is 2.52. The molecule has 0 amide bonds. The van der Waals surface area contributed by atoms with E-state index in [0.29, 0.717) is 6.04 Å². The van der Waals surface area contributed by atoms with Crippen molar-refractivity contribution in [2.75, 3.05) is 10.2 Å². The first-order valence-electron chi connectivity index (χ1n) is 9.02. The van der Waals surface area contributed by atoms with Crippen LogP contribution in [0, 0.1) is 13.8 Å². The fraction of sp³-hybridized carbons (Fsp3) is 0.273. The van der Waals surface area contributed by atoms with Crippen molar-refractivity contribution in [2.45, 2.75) is 40.3 Å². The molecule has 3 aromatic rings. The van der Waals surface area contributed by atoms with Gasteiger partial charge in [0.2, 0.25) is 0 Å². The number of benzene rings is 2. The van der Waals surface area contributed by atoms with Crippen molar-refractivity contribution >= 4 is 17.3 Å². The molecule has 1 aromatic heterocycles. The van der Waals surface area contributed by atoms with Gasteiger partial charge < -0.3 is 10.2 Å². The van der Waals surface area contributed by atoms with E-state index in [0.717, 1.165) is 29.7 Å². The molecule has 0 saturated heterocycles. The van der Waals surface area contributed by atoms with E-state index in [1.165, 1.54) is 11.1 Å². The molecular formula is C22H26N4. The fourth-order valence-corrected chi connectivity index (χ4v) is 2.92. The number of hydrogen-bond acceptors (Lipinski definition) is 4. The Morgan fingerprint density at radius 1 is 0.923 bits per heavy atom. The van der Waals surface area contributed by atoms with Gasteiger partial charge in [-0.2, -0.15) is 0 Å². The molecule has 1 heterocycles. The van der Waals surface area contributed by atoms with Crippen molar-refractivity contribution in [3.05, 3.63) is 77.6 Å². The second-order valence-corrected chi connectivity index (χ2v) is 6.81. The van der Waals surface area contributed by atoms with Gasteiger partial charge in [0.25, 0.3) is 0 Å². The van der Waals surface area contributed by atoms with E-state index >= 15 is 0 Å². The molecule has 26 heavy (non-hydrogen) atoms. The van der Waals surface area contributed by atoms with E-state index in [1.54, 1.807) is 0 Å². The lowest BCUT2D eigenvalue weighted by Crippen LogP contribution is -2.31. The van der Waals surface area contributed by atoms with E-state index in [2.05, 4.69) is 72.4 Å². The highest BCUT2D eigenvalue weighted by Crippen LogP contribution is 2.24. The topological polar surface area (TPSA) is 41.1 Å². The van der Waals surface area contributed by atoms with Crippen molar-refractivity contribution in [3.63, 3.8) is 0 Å². The zero-order valence-corrected chi connectivity index (χ0v) is 15.9. The molecule has 1 N–H and O–H groups in total. The third kappa shape index (κ3) is 4.39. The van der Waals surface area contributed by atoms with Gasteiger partial charge >= 0.3 is 0 Å². The van der Waals surface area contributed by atoms with Crippen LogP contribution in [0.2, 0.25) is 0 Å². The normalized spacial score (nSPS) is 10.8. The van der Waals surface area contributed by atoms with Crippen LogP contribution < -0.4 is 10.2 Å². The predicted molar refractivity (Wildman–Crippen MR) is 109 cm³/mol. The van der Waals surface area contributed by atoms with Gasteiger partial charge in [0.1, 0.15) is 17.5 Å². The van der Waals surface area contributed by atoms with Gasteiger partial charge in [-0.25, -0.2) is 9.97 Å². The maximum atomic E-state index is 4.69. The standard InChI is InChI=1S/C22H26N4/c1-16(2)26(15-19-11-6-5-7-12-19)22-14-21(23-18(4)24-22)25-20-13-9-8-10-17(20)3/h5-14,16H,15H2,1-4H3,(H,23,24,25). The van der Waals surface area contributed by atoms with E-state index in [9.17, 15) is 0 Å². The molecule has 0 spiro atoms. The van der Waals surface area contributed by atoms with E-state index in [-0.39, 0.29) is 0 Å². The summed E-state index contributed by atoms with van der Waals surface area (Å²) in [6.07, 6.45) is 0. The molecule has 0 radical (unpaired) electrons. The molecule has 0 fully saturated rings. The van der Waals surface area contributed by atoms with Crippen LogP contribution in [0.4, 0.5) is 17.3 Å². The second kappa shape index (κ2) is 8.00. The fourth-order valence-electron chi connectivity index (χ4n) is 2.92. The average molecular weight is 346 g/mol. The maximum absolute atomic E-state index is 4.69. The zero-order chi connectivity index (χ0) is 18.5. The lowest BCUT2D eigenvalue weighted by Gasteiger charge is -2.28.